The van der Waals surface area contributed by atoms with Gasteiger partial charge in [-0.15, -0.1) is 0 Å². The molecule has 0 unspecified atom stereocenters. The van der Waals surface area contributed by atoms with Crippen molar-refractivity contribution in [3.8, 4) is 0 Å². The summed E-state index contributed by atoms with van der Waals surface area (Å²) in [6.07, 6.45) is 7.98. The van der Waals surface area contributed by atoms with Gasteiger partial charge < -0.3 is 15.3 Å². The predicted molar refractivity (Wildman–Crippen MR) is 57.1 cm³/mol. The molecular weight excluding hydrogens is 180 g/mol. The van der Waals surface area contributed by atoms with Crippen LogP contribution in [0.5, 0.6) is 0 Å². The lowest BCUT2D eigenvalue weighted by Crippen LogP contribution is -2.10. The van der Waals surface area contributed by atoms with Gasteiger partial charge in [0, 0.05) is 6.61 Å². The topological polar surface area (TPSA) is 60.7 Å². The molecule has 1 atom stereocenters. The maximum atomic E-state index is 9.05. The first-order valence-corrected chi connectivity index (χ1v) is 5.71. The molecule has 0 radical (unpaired) electrons. The van der Waals surface area contributed by atoms with Gasteiger partial charge >= 0.3 is 0 Å². The second-order valence-corrected chi connectivity index (χ2v) is 3.82. The van der Waals surface area contributed by atoms with E-state index in [0.717, 1.165) is 25.7 Å². The number of aliphatic hydroxyl groups excluding tert-OH is 3. The predicted octanol–water partition coefficient (Wildman–Crippen LogP) is 1.45. The highest BCUT2D eigenvalue weighted by atomic mass is 16.3. The van der Waals surface area contributed by atoms with E-state index in [4.69, 9.17) is 15.3 Å². The Balaban J connectivity index is 2.92. The molecule has 14 heavy (non-hydrogen) atoms. The third-order valence-electron chi connectivity index (χ3n) is 2.41. The first-order chi connectivity index (χ1) is 6.81. The summed E-state index contributed by atoms with van der Waals surface area (Å²) in [5, 5.41) is 26.2. The molecule has 0 fully saturated rings. The Morgan fingerprint density at radius 1 is 0.714 bits per heavy atom. The molecular formula is C11H24O3. The van der Waals surface area contributed by atoms with Crippen LogP contribution in [0.15, 0.2) is 0 Å². The molecule has 0 aliphatic rings. The molecule has 3 heteroatoms. The summed E-state index contributed by atoms with van der Waals surface area (Å²) in [5.41, 5.74) is 0. The van der Waals surface area contributed by atoms with Gasteiger partial charge in [-0.3, -0.25) is 0 Å². The maximum Gasteiger partial charge on any atom is 0.0770 e. The van der Waals surface area contributed by atoms with Crippen LogP contribution in [0.4, 0.5) is 0 Å². The number of unbranched alkanes of at least 4 members (excludes halogenated alkanes) is 6. The van der Waals surface area contributed by atoms with Crippen LogP contribution >= 0.6 is 0 Å². The zero-order valence-corrected chi connectivity index (χ0v) is 8.99. The molecule has 0 spiro atoms. The SMILES string of the molecule is OCCCCCCCCC[C@@H](O)CO. The zero-order chi connectivity index (χ0) is 10.6. The summed E-state index contributed by atoms with van der Waals surface area (Å²) in [6.45, 7) is 0.194. The van der Waals surface area contributed by atoms with Crippen LogP contribution in [0, 0.1) is 0 Å². The average Bonchev–Trinajstić information content (AvgIpc) is 2.21. The van der Waals surface area contributed by atoms with Crippen LogP contribution in [0.2, 0.25) is 0 Å². The summed E-state index contributed by atoms with van der Waals surface area (Å²) in [5.74, 6) is 0. The second-order valence-electron chi connectivity index (χ2n) is 3.82. The highest BCUT2D eigenvalue weighted by molar-refractivity contribution is 4.53. The lowest BCUT2D eigenvalue weighted by atomic mass is 10.1. The molecule has 0 saturated heterocycles. The van der Waals surface area contributed by atoms with Gasteiger partial charge in [0.25, 0.3) is 0 Å². The number of hydrogen-bond acceptors (Lipinski definition) is 3. The van der Waals surface area contributed by atoms with Crippen LogP contribution in [0.3, 0.4) is 0 Å². The molecule has 0 aromatic heterocycles. The van der Waals surface area contributed by atoms with Gasteiger partial charge in [-0.05, 0) is 12.8 Å². The van der Waals surface area contributed by atoms with Crippen molar-refractivity contribution in [2.45, 2.75) is 57.5 Å². The van der Waals surface area contributed by atoms with Crippen LogP contribution in [-0.4, -0.2) is 34.6 Å². The summed E-state index contributed by atoms with van der Waals surface area (Å²) >= 11 is 0. The van der Waals surface area contributed by atoms with Crippen LogP contribution in [-0.2, 0) is 0 Å². The third-order valence-corrected chi connectivity index (χ3v) is 2.41. The zero-order valence-electron chi connectivity index (χ0n) is 8.99. The fourth-order valence-electron chi connectivity index (χ4n) is 1.47. The fourth-order valence-corrected chi connectivity index (χ4v) is 1.47. The number of rotatable bonds is 10. The van der Waals surface area contributed by atoms with E-state index in [2.05, 4.69) is 0 Å². The van der Waals surface area contributed by atoms with Crippen molar-refractivity contribution < 1.29 is 15.3 Å². The van der Waals surface area contributed by atoms with Crippen molar-refractivity contribution in [1.82, 2.24) is 0 Å². The van der Waals surface area contributed by atoms with Crippen molar-refractivity contribution in [3.63, 3.8) is 0 Å². The summed E-state index contributed by atoms with van der Waals surface area (Å²) in [6, 6.07) is 0. The molecule has 0 aromatic carbocycles. The lowest BCUT2D eigenvalue weighted by Gasteiger charge is -2.05. The highest BCUT2D eigenvalue weighted by Crippen LogP contribution is 2.09. The first kappa shape index (κ1) is 13.9. The smallest absolute Gasteiger partial charge is 0.0770 e. The molecule has 0 aromatic rings. The summed E-state index contributed by atoms with van der Waals surface area (Å²) < 4.78 is 0. The van der Waals surface area contributed by atoms with Gasteiger partial charge in [-0.2, -0.15) is 0 Å². The molecule has 0 aliphatic heterocycles. The van der Waals surface area contributed by atoms with E-state index in [0.29, 0.717) is 13.0 Å². The Hall–Kier alpha value is -0.120. The Bertz CT molecular complexity index is 107. The minimum atomic E-state index is -0.524. The molecule has 0 aliphatic carbocycles. The standard InChI is InChI=1S/C11H24O3/c12-9-7-5-3-1-2-4-6-8-11(14)10-13/h11-14H,1-10H2/t11-/m1/s1. The van der Waals surface area contributed by atoms with Crippen molar-refractivity contribution in [3.05, 3.63) is 0 Å². The first-order valence-electron chi connectivity index (χ1n) is 5.71. The minimum Gasteiger partial charge on any atom is -0.396 e. The second kappa shape index (κ2) is 11.0. The summed E-state index contributed by atoms with van der Waals surface area (Å²) in [4.78, 5) is 0. The van der Waals surface area contributed by atoms with Crippen LogP contribution in [0.25, 0.3) is 0 Å². The normalized spacial score (nSPS) is 13.1. The van der Waals surface area contributed by atoms with Crippen molar-refractivity contribution in [2.75, 3.05) is 13.2 Å². The van der Waals surface area contributed by atoms with E-state index >= 15 is 0 Å². The van der Waals surface area contributed by atoms with E-state index in [1.165, 1.54) is 19.3 Å². The molecule has 86 valence electrons. The third kappa shape index (κ3) is 9.96. The molecule has 0 amide bonds. The Kier molecular flexibility index (Phi) is 10.9. The van der Waals surface area contributed by atoms with Gasteiger partial charge in [-0.1, -0.05) is 38.5 Å². The van der Waals surface area contributed by atoms with E-state index in [1.807, 2.05) is 0 Å². The van der Waals surface area contributed by atoms with E-state index in [1.54, 1.807) is 0 Å². The molecule has 0 bridgehead atoms. The van der Waals surface area contributed by atoms with E-state index in [-0.39, 0.29) is 6.61 Å². The van der Waals surface area contributed by atoms with Gasteiger partial charge in [-0.25, -0.2) is 0 Å². The Labute approximate surface area is 86.8 Å². The van der Waals surface area contributed by atoms with Gasteiger partial charge in [0.1, 0.15) is 0 Å². The largest absolute Gasteiger partial charge is 0.396 e. The molecule has 3 N–H and O–H groups in total. The fraction of sp³-hybridized carbons (Fsp3) is 1.00. The molecule has 0 heterocycles. The maximum absolute atomic E-state index is 9.05. The molecule has 0 saturated carbocycles. The minimum absolute atomic E-state index is 0.115. The Morgan fingerprint density at radius 2 is 1.21 bits per heavy atom. The van der Waals surface area contributed by atoms with Crippen LogP contribution in [0.1, 0.15) is 51.4 Å². The number of aliphatic hydroxyl groups is 3. The molecule has 3 nitrogen and oxygen atoms in total. The van der Waals surface area contributed by atoms with E-state index in [9.17, 15) is 0 Å². The average molecular weight is 204 g/mol. The monoisotopic (exact) mass is 204 g/mol. The van der Waals surface area contributed by atoms with Crippen molar-refractivity contribution >= 4 is 0 Å². The van der Waals surface area contributed by atoms with Gasteiger partial charge in [0.15, 0.2) is 0 Å². The van der Waals surface area contributed by atoms with Gasteiger partial charge in [0.2, 0.25) is 0 Å². The van der Waals surface area contributed by atoms with E-state index < -0.39 is 6.10 Å². The van der Waals surface area contributed by atoms with Crippen molar-refractivity contribution in [2.24, 2.45) is 0 Å². The lowest BCUT2D eigenvalue weighted by molar-refractivity contribution is 0.0860. The number of hydrogen-bond donors (Lipinski definition) is 3. The van der Waals surface area contributed by atoms with Gasteiger partial charge in [0.05, 0.1) is 12.7 Å². The highest BCUT2D eigenvalue weighted by Gasteiger charge is 2.00. The molecule has 0 rings (SSSR count). The quantitative estimate of drug-likeness (QED) is 0.472. The van der Waals surface area contributed by atoms with Crippen LogP contribution < -0.4 is 0 Å². The van der Waals surface area contributed by atoms with Crippen molar-refractivity contribution in [1.29, 1.82) is 0 Å². The summed E-state index contributed by atoms with van der Waals surface area (Å²) in [7, 11) is 0. The Morgan fingerprint density at radius 3 is 1.71 bits per heavy atom.